The van der Waals surface area contributed by atoms with Crippen LogP contribution in [0.4, 0.5) is 0 Å². The van der Waals surface area contributed by atoms with Crippen molar-refractivity contribution in [3.05, 3.63) is 0 Å². The topological polar surface area (TPSA) is 89.8 Å². The SMILES string of the molecule is CCCCCCCCCCCCCCCCCCCCCCCCCCCCCC(O)C(=O)NC(CO)C(O)CCCCCCCCCCC. The van der Waals surface area contributed by atoms with Crippen molar-refractivity contribution >= 4 is 5.91 Å². The lowest BCUT2D eigenvalue weighted by Gasteiger charge is -2.23. The first-order valence-electron chi connectivity index (χ1n) is 22.8. The summed E-state index contributed by atoms with van der Waals surface area (Å²) in [6.07, 6.45) is 47.0. The van der Waals surface area contributed by atoms with Crippen LogP contribution in [0.5, 0.6) is 0 Å². The zero-order chi connectivity index (χ0) is 36.6. The monoisotopic (exact) mass is 710 g/mol. The number of carbonyl (C=O) groups excluding carboxylic acids is 1. The number of nitrogens with one attached hydrogen (secondary N) is 1. The molecule has 0 saturated carbocycles. The van der Waals surface area contributed by atoms with Crippen molar-refractivity contribution in [2.24, 2.45) is 0 Å². The molecule has 300 valence electrons. The minimum atomic E-state index is -1.07. The maximum absolute atomic E-state index is 12.4. The lowest BCUT2D eigenvalue weighted by molar-refractivity contribution is -0.131. The van der Waals surface area contributed by atoms with Crippen molar-refractivity contribution in [2.45, 2.75) is 276 Å². The number of carbonyl (C=O) groups is 1. The molecule has 0 heterocycles. The molecule has 0 aromatic heterocycles. The van der Waals surface area contributed by atoms with Crippen LogP contribution in [0.1, 0.15) is 258 Å². The minimum Gasteiger partial charge on any atom is -0.394 e. The molecule has 5 heteroatoms. The second-order valence-corrected chi connectivity index (χ2v) is 16.0. The summed E-state index contributed by atoms with van der Waals surface area (Å²) in [5.74, 6) is -0.468. The van der Waals surface area contributed by atoms with E-state index in [-0.39, 0.29) is 6.61 Å². The molecular formula is C45H91NO4. The van der Waals surface area contributed by atoms with Crippen LogP contribution < -0.4 is 5.32 Å². The van der Waals surface area contributed by atoms with E-state index in [0.29, 0.717) is 12.8 Å². The number of amides is 1. The Morgan fingerprint density at radius 2 is 0.640 bits per heavy atom. The Morgan fingerprint density at radius 3 is 0.900 bits per heavy atom. The van der Waals surface area contributed by atoms with Crippen LogP contribution in [0.3, 0.4) is 0 Å². The van der Waals surface area contributed by atoms with Gasteiger partial charge in [-0.1, -0.05) is 245 Å². The molecule has 0 aliphatic heterocycles. The predicted octanol–water partition coefficient (Wildman–Crippen LogP) is 13.0. The molecule has 1 amide bonds. The van der Waals surface area contributed by atoms with E-state index < -0.39 is 24.2 Å². The summed E-state index contributed by atoms with van der Waals surface area (Å²) in [6.45, 7) is 4.22. The van der Waals surface area contributed by atoms with E-state index in [1.807, 2.05) is 0 Å². The van der Waals surface area contributed by atoms with E-state index in [9.17, 15) is 20.1 Å². The molecule has 0 radical (unpaired) electrons. The lowest BCUT2D eigenvalue weighted by Crippen LogP contribution is -2.49. The maximum Gasteiger partial charge on any atom is 0.249 e. The second-order valence-electron chi connectivity index (χ2n) is 16.0. The molecule has 5 nitrogen and oxygen atoms in total. The van der Waals surface area contributed by atoms with E-state index in [1.165, 1.54) is 199 Å². The predicted molar refractivity (Wildman–Crippen MR) is 218 cm³/mol. The molecule has 0 fully saturated rings. The zero-order valence-corrected chi connectivity index (χ0v) is 34.1. The summed E-state index contributed by atoms with van der Waals surface area (Å²) in [5, 5.41) is 33.2. The largest absolute Gasteiger partial charge is 0.394 e. The van der Waals surface area contributed by atoms with Gasteiger partial charge in [-0.3, -0.25) is 4.79 Å². The molecule has 0 aromatic carbocycles. The number of hydrogen-bond donors (Lipinski definition) is 4. The molecule has 0 aromatic rings. The summed E-state index contributed by atoms with van der Waals surface area (Å²) >= 11 is 0. The van der Waals surface area contributed by atoms with Gasteiger partial charge in [0.25, 0.3) is 0 Å². The normalized spacial score (nSPS) is 13.5. The number of aliphatic hydroxyl groups is 3. The molecule has 0 rings (SSSR count). The summed E-state index contributed by atoms with van der Waals surface area (Å²) in [4.78, 5) is 12.4. The first kappa shape index (κ1) is 49.4. The first-order chi connectivity index (χ1) is 24.6. The summed E-state index contributed by atoms with van der Waals surface area (Å²) in [6, 6.07) is -0.704. The Kier molecular flexibility index (Phi) is 40.6. The molecule has 0 bridgehead atoms. The van der Waals surface area contributed by atoms with Gasteiger partial charge in [0.15, 0.2) is 0 Å². The highest BCUT2D eigenvalue weighted by Gasteiger charge is 2.23. The molecule has 0 aliphatic rings. The zero-order valence-electron chi connectivity index (χ0n) is 34.1. The Bertz CT molecular complexity index is 659. The van der Waals surface area contributed by atoms with Crippen molar-refractivity contribution in [2.75, 3.05) is 6.61 Å². The highest BCUT2D eigenvalue weighted by atomic mass is 16.3. The van der Waals surface area contributed by atoms with Crippen molar-refractivity contribution in [1.82, 2.24) is 5.32 Å². The summed E-state index contributed by atoms with van der Waals surface area (Å²) < 4.78 is 0. The highest BCUT2D eigenvalue weighted by Crippen LogP contribution is 2.17. The molecule has 3 unspecified atom stereocenters. The highest BCUT2D eigenvalue weighted by molar-refractivity contribution is 5.80. The second kappa shape index (κ2) is 41.1. The van der Waals surface area contributed by atoms with Crippen molar-refractivity contribution in [3.8, 4) is 0 Å². The van der Waals surface area contributed by atoms with E-state index in [0.717, 1.165) is 32.1 Å². The van der Waals surface area contributed by atoms with Gasteiger partial charge in [0.05, 0.1) is 18.8 Å². The third-order valence-electron chi connectivity index (χ3n) is 11.0. The molecule has 4 N–H and O–H groups in total. The Morgan fingerprint density at radius 1 is 0.400 bits per heavy atom. The number of hydrogen-bond acceptors (Lipinski definition) is 4. The Hall–Kier alpha value is -0.650. The van der Waals surface area contributed by atoms with E-state index in [4.69, 9.17) is 0 Å². The van der Waals surface area contributed by atoms with Gasteiger partial charge in [-0.25, -0.2) is 0 Å². The first-order valence-corrected chi connectivity index (χ1v) is 22.8. The van der Waals surface area contributed by atoms with E-state index in [1.54, 1.807) is 0 Å². The van der Waals surface area contributed by atoms with Gasteiger partial charge in [0.2, 0.25) is 5.91 Å². The van der Waals surface area contributed by atoms with Gasteiger partial charge in [-0.2, -0.15) is 0 Å². The van der Waals surface area contributed by atoms with Crippen molar-refractivity contribution in [3.63, 3.8) is 0 Å². The van der Waals surface area contributed by atoms with Gasteiger partial charge in [0, 0.05) is 0 Å². The fourth-order valence-electron chi connectivity index (χ4n) is 7.37. The third-order valence-corrected chi connectivity index (χ3v) is 11.0. The maximum atomic E-state index is 12.4. The smallest absolute Gasteiger partial charge is 0.249 e. The van der Waals surface area contributed by atoms with Gasteiger partial charge < -0.3 is 20.6 Å². The van der Waals surface area contributed by atoms with Crippen molar-refractivity contribution < 1.29 is 20.1 Å². The van der Waals surface area contributed by atoms with Crippen LogP contribution in [-0.2, 0) is 4.79 Å². The minimum absolute atomic E-state index is 0.309. The average Bonchev–Trinajstić information content (AvgIpc) is 3.12. The van der Waals surface area contributed by atoms with Gasteiger partial charge >= 0.3 is 0 Å². The molecule has 50 heavy (non-hydrogen) atoms. The van der Waals surface area contributed by atoms with Crippen LogP contribution >= 0.6 is 0 Å². The van der Waals surface area contributed by atoms with E-state index >= 15 is 0 Å². The molecular weight excluding hydrogens is 618 g/mol. The van der Waals surface area contributed by atoms with Crippen LogP contribution in [0.15, 0.2) is 0 Å². The lowest BCUT2D eigenvalue weighted by atomic mass is 10.0. The summed E-state index contributed by atoms with van der Waals surface area (Å²) in [7, 11) is 0. The molecule has 0 spiro atoms. The number of aliphatic hydroxyl groups excluding tert-OH is 3. The average molecular weight is 710 g/mol. The Balaban J connectivity index is 3.45. The Labute approximate surface area is 313 Å². The molecule has 0 aliphatic carbocycles. The van der Waals surface area contributed by atoms with Gasteiger partial charge in [-0.15, -0.1) is 0 Å². The van der Waals surface area contributed by atoms with Crippen LogP contribution in [0.2, 0.25) is 0 Å². The van der Waals surface area contributed by atoms with Crippen LogP contribution in [-0.4, -0.2) is 46.1 Å². The van der Waals surface area contributed by atoms with Crippen LogP contribution in [0.25, 0.3) is 0 Å². The van der Waals surface area contributed by atoms with Crippen LogP contribution in [0, 0.1) is 0 Å². The van der Waals surface area contributed by atoms with Crippen molar-refractivity contribution in [1.29, 1.82) is 0 Å². The third kappa shape index (κ3) is 35.7. The van der Waals surface area contributed by atoms with Gasteiger partial charge in [-0.05, 0) is 12.8 Å². The molecule has 0 saturated heterocycles. The van der Waals surface area contributed by atoms with E-state index in [2.05, 4.69) is 19.2 Å². The number of unbranched alkanes of at least 4 members (excludes halogenated alkanes) is 34. The standard InChI is InChI=1S/C45H91NO4/c1-3-5-7-9-11-13-14-15-16-17-18-19-20-21-22-23-24-25-26-27-28-29-30-32-34-36-38-40-44(49)45(50)46-42(41-47)43(48)39-37-35-33-31-12-10-8-6-4-2/h42-44,47-49H,3-41H2,1-2H3,(H,46,50). The van der Waals surface area contributed by atoms with Gasteiger partial charge in [0.1, 0.15) is 6.10 Å². The summed E-state index contributed by atoms with van der Waals surface area (Å²) in [5.41, 5.74) is 0. The number of rotatable bonds is 42. The quantitative estimate of drug-likeness (QED) is 0.0475. The fraction of sp³-hybridized carbons (Fsp3) is 0.978. The molecule has 3 atom stereocenters. The fourth-order valence-corrected chi connectivity index (χ4v) is 7.37.